The number of benzene rings is 1. The van der Waals surface area contributed by atoms with Gasteiger partial charge in [-0.3, -0.25) is 14.3 Å². The lowest BCUT2D eigenvalue weighted by Gasteiger charge is -2.19. The van der Waals surface area contributed by atoms with E-state index in [0.717, 1.165) is 5.56 Å². The summed E-state index contributed by atoms with van der Waals surface area (Å²) in [5, 5.41) is 10.1. The van der Waals surface area contributed by atoms with Crippen LogP contribution >= 0.6 is 0 Å². The third-order valence-corrected chi connectivity index (χ3v) is 4.03. The van der Waals surface area contributed by atoms with Gasteiger partial charge in [0.05, 0.1) is 12.1 Å². The molecule has 0 bridgehead atoms. The van der Waals surface area contributed by atoms with E-state index in [0.29, 0.717) is 22.0 Å². The zero-order valence-electron chi connectivity index (χ0n) is 15.6. The molecule has 0 saturated carbocycles. The fraction of sp³-hybridized carbons (Fsp3) is 0.286. The maximum absolute atomic E-state index is 12.9. The van der Waals surface area contributed by atoms with Crippen molar-refractivity contribution in [2.24, 2.45) is 0 Å². The summed E-state index contributed by atoms with van der Waals surface area (Å²) in [6, 6.07) is 8.77. The highest BCUT2D eigenvalue weighted by atomic mass is 16.6. The Bertz CT molecular complexity index is 985. The summed E-state index contributed by atoms with van der Waals surface area (Å²) in [5.41, 5.74) is 1.78. The molecule has 27 heavy (non-hydrogen) atoms. The monoisotopic (exact) mass is 366 g/mol. The van der Waals surface area contributed by atoms with Crippen LogP contribution < -0.4 is 0 Å². The lowest BCUT2D eigenvalue weighted by Crippen LogP contribution is -2.26. The highest BCUT2D eigenvalue weighted by Crippen LogP contribution is 2.26. The van der Waals surface area contributed by atoms with Gasteiger partial charge in [0.15, 0.2) is 5.78 Å². The summed E-state index contributed by atoms with van der Waals surface area (Å²) in [7, 11) is 0. The average Bonchev–Trinajstić information content (AvgIpc) is 3.00. The van der Waals surface area contributed by atoms with E-state index in [-0.39, 0.29) is 18.8 Å². The summed E-state index contributed by atoms with van der Waals surface area (Å²) in [5.74, 6) is -0.134. The summed E-state index contributed by atoms with van der Waals surface area (Å²) >= 11 is 0. The Balaban J connectivity index is 2.05. The summed E-state index contributed by atoms with van der Waals surface area (Å²) < 4.78 is 6.80. The first-order valence-electron chi connectivity index (χ1n) is 8.69. The van der Waals surface area contributed by atoms with E-state index in [9.17, 15) is 14.7 Å². The molecular weight excluding hydrogens is 344 g/mol. The largest absolute Gasteiger partial charge is 0.443 e. The zero-order valence-corrected chi connectivity index (χ0v) is 15.6. The molecule has 0 unspecified atom stereocenters. The standard InChI is InChI=1S/C21H22N2O4/c1-21(2,3)27-20(26)23-12-17(16-9-15(13-24)6-7-18(16)23)19(25)10-14-5-4-8-22-11-14/h4-9,11-12,24H,10,13H2,1-3H3. The molecule has 2 heterocycles. The second-order valence-corrected chi connectivity index (χ2v) is 7.36. The first kappa shape index (κ1) is 18.8. The molecule has 0 spiro atoms. The van der Waals surface area contributed by atoms with E-state index in [1.165, 1.54) is 10.8 Å². The minimum absolute atomic E-state index is 0.134. The van der Waals surface area contributed by atoms with E-state index in [2.05, 4.69) is 4.98 Å². The van der Waals surface area contributed by atoms with E-state index in [1.54, 1.807) is 57.4 Å². The molecular formula is C21H22N2O4. The maximum atomic E-state index is 12.9. The summed E-state index contributed by atoms with van der Waals surface area (Å²) in [6.07, 6.45) is 4.42. The van der Waals surface area contributed by atoms with Gasteiger partial charge < -0.3 is 9.84 Å². The number of hydrogen-bond acceptors (Lipinski definition) is 5. The molecule has 1 N–H and O–H groups in total. The smallest absolute Gasteiger partial charge is 0.419 e. The minimum Gasteiger partial charge on any atom is -0.443 e. The molecule has 0 atom stereocenters. The molecule has 0 amide bonds. The number of aliphatic hydroxyl groups is 1. The van der Waals surface area contributed by atoms with Gasteiger partial charge in [-0.1, -0.05) is 12.1 Å². The Kier molecular flexibility index (Phi) is 5.10. The molecule has 6 nitrogen and oxygen atoms in total. The van der Waals surface area contributed by atoms with Crippen LogP contribution in [-0.2, 0) is 17.8 Å². The number of rotatable bonds is 4. The molecule has 2 aromatic heterocycles. The van der Waals surface area contributed by atoms with Gasteiger partial charge in [-0.05, 0) is 50.1 Å². The molecule has 3 aromatic rings. The molecule has 3 rings (SSSR count). The summed E-state index contributed by atoms with van der Waals surface area (Å²) in [4.78, 5) is 29.5. The SMILES string of the molecule is CC(C)(C)OC(=O)n1cc(C(=O)Cc2cccnc2)c2cc(CO)ccc21. The van der Waals surface area contributed by atoms with Gasteiger partial charge >= 0.3 is 6.09 Å². The van der Waals surface area contributed by atoms with Crippen molar-refractivity contribution in [3.05, 3.63) is 65.6 Å². The normalized spacial score (nSPS) is 11.6. The topological polar surface area (TPSA) is 81.4 Å². The van der Waals surface area contributed by atoms with Gasteiger partial charge in [0, 0.05) is 36.0 Å². The first-order valence-corrected chi connectivity index (χ1v) is 8.69. The maximum Gasteiger partial charge on any atom is 0.419 e. The number of ether oxygens (including phenoxy) is 1. The fourth-order valence-electron chi connectivity index (χ4n) is 2.84. The fourth-order valence-corrected chi connectivity index (χ4v) is 2.84. The Hall–Kier alpha value is -2.99. The number of fused-ring (bicyclic) bond motifs is 1. The van der Waals surface area contributed by atoms with Crippen LogP contribution in [0.3, 0.4) is 0 Å². The quantitative estimate of drug-likeness (QED) is 0.712. The predicted molar refractivity (Wildman–Crippen MR) is 102 cm³/mol. The lowest BCUT2D eigenvalue weighted by molar-refractivity contribution is 0.0544. The van der Waals surface area contributed by atoms with Crippen molar-refractivity contribution < 1.29 is 19.4 Å². The van der Waals surface area contributed by atoms with E-state index in [4.69, 9.17) is 4.74 Å². The van der Waals surface area contributed by atoms with Crippen LogP contribution in [0, 0.1) is 0 Å². The van der Waals surface area contributed by atoms with Crippen molar-refractivity contribution in [2.75, 3.05) is 0 Å². The van der Waals surface area contributed by atoms with Crippen LogP contribution in [0.25, 0.3) is 10.9 Å². The molecule has 0 fully saturated rings. The van der Waals surface area contributed by atoms with Crippen LogP contribution in [-0.4, -0.2) is 32.1 Å². The van der Waals surface area contributed by atoms with Gasteiger partial charge in [0.2, 0.25) is 0 Å². The van der Waals surface area contributed by atoms with Crippen LogP contribution in [0.4, 0.5) is 4.79 Å². The lowest BCUT2D eigenvalue weighted by atomic mass is 10.0. The Morgan fingerprint density at radius 2 is 1.96 bits per heavy atom. The van der Waals surface area contributed by atoms with Crippen molar-refractivity contribution in [3.8, 4) is 0 Å². The van der Waals surface area contributed by atoms with Crippen molar-refractivity contribution in [2.45, 2.75) is 39.4 Å². The predicted octanol–water partition coefficient (Wildman–Crippen LogP) is 3.74. The van der Waals surface area contributed by atoms with Crippen LogP contribution in [0.1, 0.15) is 42.3 Å². The third kappa shape index (κ3) is 4.23. The Morgan fingerprint density at radius 3 is 2.59 bits per heavy atom. The van der Waals surface area contributed by atoms with Crippen molar-refractivity contribution in [3.63, 3.8) is 0 Å². The third-order valence-electron chi connectivity index (χ3n) is 4.03. The van der Waals surface area contributed by atoms with Crippen molar-refractivity contribution in [1.29, 1.82) is 0 Å². The van der Waals surface area contributed by atoms with E-state index in [1.807, 2.05) is 6.07 Å². The highest BCUT2D eigenvalue weighted by molar-refractivity contribution is 6.10. The molecule has 1 aromatic carbocycles. The van der Waals surface area contributed by atoms with E-state index >= 15 is 0 Å². The van der Waals surface area contributed by atoms with Gasteiger partial charge in [-0.25, -0.2) is 4.79 Å². The van der Waals surface area contributed by atoms with Gasteiger partial charge in [0.25, 0.3) is 0 Å². The molecule has 0 saturated heterocycles. The number of carbonyl (C=O) groups is 2. The second-order valence-electron chi connectivity index (χ2n) is 7.36. The number of aromatic nitrogens is 2. The Morgan fingerprint density at radius 1 is 1.19 bits per heavy atom. The molecule has 0 aliphatic rings. The molecule has 6 heteroatoms. The van der Waals surface area contributed by atoms with Crippen molar-refractivity contribution >= 4 is 22.8 Å². The molecule has 0 aliphatic carbocycles. The van der Waals surface area contributed by atoms with Crippen LogP contribution in [0.15, 0.2) is 48.9 Å². The van der Waals surface area contributed by atoms with Gasteiger partial charge in [-0.2, -0.15) is 0 Å². The molecule has 0 radical (unpaired) electrons. The average molecular weight is 366 g/mol. The highest BCUT2D eigenvalue weighted by Gasteiger charge is 2.23. The molecule has 0 aliphatic heterocycles. The summed E-state index contributed by atoms with van der Waals surface area (Å²) in [6.45, 7) is 5.21. The number of hydrogen-bond donors (Lipinski definition) is 1. The van der Waals surface area contributed by atoms with E-state index < -0.39 is 11.7 Å². The van der Waals surface area contributed by atoms with Gasteiger partial charge in [-0.15, -0.1) is 0 Å². The van der Waals surface area contributed by atoms with Gasteiger partial charge in [0.1, 0.15) is 5.60 Å². The zero-order chi connectivity index (χ0) is 19.6. The first-order chi connectivity index (χ1) is 12.8. The Labute approximate surface area is 157 Å². The number of Topliss-reactive ketones (excluding diaryl/α,β-unsaturated/α-hetero) is 1. The number of ketones is 1. The number of aliphatic hydroxyl groups excluding tert-OH is 1. The number of carbonyl (C=O) groups excluding carboxylic acids is 2. The molecule has 140 valence electrons. The van der Waals surface area contributed by atoms with Crippen LogP contribution in [0.2, 0.25) is 0 Å². The van der Waals surface area contributed by atoms with Crippen molar-refractivity contribution in [1.82, 2.24) is 9.55 Å². The van der Waals surface area contributed by atoms with Crippen LogP contribution in [0.5, 0.6) is 0 Å². The second kappa shape index (κ2) is 7.32. The number of pyridine rings is 1. The number of nitrogens with zero attached hydrogens (tertiary/aromatic N) is 2. The minimum atomic E-state index is -0.654.